The topological polar surface area (TPSA) is 96.4 Å². The number of hydrogen-bond acceptors (Lipinski definition) is 6. The Morgan fingerprint density at radius 3 is 2.11 bits per heavy atom. The molecule has 3 aromatic carbocycles. The summed E-state index contributed by atoms with van der Waals surface area (Å²) < 4.78 is 27.5. The van der Waals surface area contributed by atoms with Crippen LogP contribution in [0.2, 0.25) is 0 Å². The number of amides is 1. The van der Waals surface area contributed by atoms with Crippen molar-refractivity contribution < 1.29 is 18.0 Å². The van der Waals surface area contributed by atoms with Crippen LogP contribution in [-0.4, -0.2) is 42.5 Å². The Bertz CT molecular complexity index is 1540. The molecule has 7 nitrogen and oxygen atoms in total. The molecule has 1 aromatic heterocycles. The summed E-state index contributed by atoms with van der Waals surface area (Å²) in [7, 11) is -3.60. The summed E-state index contributed by atoms with van der Waals surface area (Å²) in [6, 6.07) is 24.2. The van der Waals surface area contributed by atoms with Crippen molar-refractivity contribution in [3.8, 4) is 11.3 Å². The second-order valence-electron chi connectivity index (χ2n) is 9.32. The van der Waals surface area contributed by atoms with Crippen molar-refractivity contribution in [3.05, 3.63) is 101 Å². The Balaban J connectivity index is 1.37. The molecule has 2 heterocycles. The monoisotopic (exact) mass is 545 g/mol. The Morgan fingerprint density at radius 1 is 0.868 bits per heavy atom. The Hall–Kier alpha value is -3.66. The van der Waals surface area contributed by atoms with Crippen LogP contribution >= 0.6 is 11.3 Å². The number of rotatable bonds is 7. The minimum atomic E-state index is -3.60. The van der Waals surface area contributed by atoms with Gasteiger partial charge in [0.25, 0.3) is 5.91 Å². The first kappa shape index (κ1) is 26.0. The highest BCUT2D eigenvalue weighted by molar-refractivity contribution is 7.89. The zero-order valence-electron chi connectivity index (χ0n) is 20.8. The lowest BCUT2D eigenvalue weighted by Gasteiger charge is -2.29. The summed E-state index contributed by atoms with van der Waals surface area (Å²) in [5.41, 5.74) is 2.09. The molecule has 5 rings (SSSR count). The van der Waals surface area contributed by atoms with Crippen LogP contribution in [0.3, 0.4) is 0 Å². The van der Waals surface area contributed by atoms with Crippen molar-refractivity contribution in [2.24, 2.45) is 5.92 Å². The average molecular weight is 546 g/mol. The van der Waals surface area contributed by atoms with Crippen LogP contribution in [0.4, 0.5) is 5.13 Å². The summed E-state index contributed by atoms with van der Waals surface area (Å²) in [4.78, 5) is 31.5. The van der Waals surface area contributed by atoms with E-state index in [1.165, 1.54) is 28.6 Å². The van der Waals surface area contributed by atoms with Crippen molar-refractivity contribution in [1.29, 1.82) is 0 Å². The van der Waals surface area contributed by atoms with Crippen LogP contribution in [0.15, 0.2) is 89.8 Å². The highest BCUT2D eigenvalue weighted by atomic mass is 32.2. The van der Waals surface area contributed by atoms with E-state index in [0.29, 0.717) is 40.7 Å². The van der Waals surface area contributed by atoms with E-state index in [1.54, 1.807) is 24.3 Å². The molecule has 0 atom stereocenters. The van der Waals surface area contributed by atoms with Crippen molar-refractivity contribution in [2.45, 2.75) is 24.7 Å². The second-order valence-corrected chi connectivity index (χ2v) is 12.3. The largest absolute Gasteiger partial charge is 0.298 e. The second kappa shape index (κ2) is 11.0. The van der Waals surface area contributed by atoms with E-state index in [1.807, 2.05) is 36.4 Å². The number of hydrogen-bond donors (Lipinski definition) is 1. The number of nitrogens with zero attached hydrogens (tertiary/aromatic N) is 2. The van der Waals surface area contributed by atoms with Gasteiger partial charge in [-0.3, -0.25) is 14.9 Å². The highest BCUT2D eigenvalue weighted by Crippen LogP contribution is 2.33. The van der Waals surface area contributed by atoms with Gasteiger partial charge in [0.15, 0.2) is 5.13 Å². The number of ketones is 1. The Morgan fingerprint density at radius 2 is 1.47 bits per heavy atom. The van der Waals surface area contributed by atoms with Crippen molar-refractivity contribution in [2.75, 3.05) is 18.4 Å². The molecule has 4 aromatic rings. The van der Waals surface area contributed by atoms with Gasteiger partial charge in [0, 0.05) is 29.8 Å². The number of piperidine rings is 1. The summed E-state index contributed by atoms with van der Waals surface area (Å²) in [6.07, 6.45) is 1.68. The van der Waals surface area contributed by atoms with E-state index >= 15 is 0 Å². The maximum absolute atomic E-state index is 13.3. The predicted octanol–water partition coefficient (Wildman–Crippen LogP) is 5.71. The molecule has 0 unspecified atom stereocenters. The summed E-state index contributed by atoms with van der Waals surface area (Å²) in [5, 5.41) is 3.06. The zero-order chi connectivity index (χ0) is 26.7. The highest BCUT2D eigenvalue weighted by Gasteiger charge is 2.28. The number of carbonyl (C=O) groups excluding carboxylic acids is 2. The molecular weight excluding hydrogens is 518 g/mol. The van der Waals surface area contributed by atoms with Gasteiger partial charge < -0.3 is 0 Å². The number of carbonyl (C=O) groups is 2. The van der Waals surface area contributed by atoms with Gasteiger partial charge in [-0.15, -0.1) is 0 Å². The molecule has 0 radical (unpaired) electrons. The third-order valence-electron chi connectivity index (χ3n) is 6.63. The van der Waals surface area contributed by atoms with Gasteiger partial charge in [-0.2, -0.15) is 4.31 Å². The van der Waals surface area contributed by atoms with E-state index in [4.69, 9.17) is 0 Å². The van der Waals surface area contributed by atoms with Gasteiger partial charge in [0.05, 0.1) is 10.6 Å². The predicted molar refractivity (Wildman–Crippen MR) is 149 cm³/mol. The Kier molecular flexibility index (Phi) is 7.51. The summed E-state index contributed by atoms with van der Waals surface area (Å²) >= 11 is 1.11. The lowest BCUT2D eigenvalue weighted by molar-refractivity contribution is 0.102. The molecule has 1 saturated heterocycles. The van der Waals surface area contributed by atoms with E-state index < -0.39 is 15.9 Å². The fraction of sp³-hybridized carbons (Fsp3) is 0.207. The minimum absolute atomic E-state index is 0.167. The van der Waals surface area contributed by atoms with Gasteiger partial charge >= 0.3 is 0 Å². The number of nitrogens with one attached hydrogen (secondary N) is 1. The first-order valence-electron chi connectivity index (χ1n) is 12.4. The van der Waals surface area contributed by atoms with E-state index in [2.05, 4.69) is 17.2 Å². The van der Waals surface area contributed by atoms with Crippen LogP contribution in [0, 0.1) is 5.92 Å². The van der Waals surface area contributed by atoms with E-state index in [9.17, 15) is 18.0 Å². The molecule has 0 aliphatic carbocycles. The molecule has 194 valence electrons. The molecular formula is C29H27N3O4S2. The summed E-state index contributed by atoms with van der Waals surface area (Å²) in [6.45, 7) is 3.14. The number of benzene rings is 3. The molecule has 1 amide bonds. The molecule has 1 N–H and O–H groups in total. The number of thiazole rings is 1. The first-order valence-corrected chi connectivity index (χ1v) is 14.7. The van der Waals surface area contributed by atoms with Crippen LogP contribution in [0.25, 0.3) is 11.3 Å². The van der Waals surface area contributed by atoms with E-state index in [0.717, 1.165) is 29.7 Å². The molecule has 1 aliphatic rings. The summed E-state index contributed by atoms with van der Waals surface area (Å²) in [5.74, 6) is -0.0961. The molecule has 0 spiro atoms. The van der Waals surface area contributed by atoms with Gasteiger partial charge in [-0.1, -0.05) is 78.9 Å². The first-order chi connectivity index (χ1) is 18.3. The maximum Gasteiger partial charge on any atom is 0.257 e. The minimum Gasteiger partial charge on any atom is -0.298 e. The SMILES string of the molecule is CC1CCN(S(=O)(=O)c2ccc(C(=O)Nc3nc(-c4ccccc4)c(C(=O)c4ccccc4)s3)cc2)CC1. The Labute approximate surface area is 226 Å². The van der Waals surface area contributed by atoms with Crippen LogP contribution in [-0.2, 0) is 10.0 Å². The van der Waals surface area contributed by atoms with Crippen molar-refractivity contribution in [3.63, 3.8) is 0 Å². The van der Waals surface area contributed by atoms with Gasteiger partial charge in [-0.05, 0) is 43.0 Å². The lowest BCUT2D eigenvalue weighted by Crippen LogP contribution is -2.37. The maximum atomic E-state index is 13.3. The van der Waals surface area contributed by atoms with E-state index in [-0.39, 0.29) is 15.8 Å². The smallest absolute Gasteiger partial charge is 0.257 e. The lowest BCUT2D eigenvalue weighted by atomic mass is 10.0. The fourth-order valence-corrected chi connectivity index (χ4v) is 6.78. The average Bonchev–Trinajstić information content (AvgIpc) is 3.37. The number of aromatic nitrogens is 1. The fourth-order valence-electron chi connectivity index (χ4n) is 4.36. The molecule has 1 fully saturated rings. The van der Waals surface area contributed by atoms with Crippen molar-refractivity contribution >= 4 is 38.2 Å². The molecule has 0 bridgehead atoms. The zero-order valence-corrected chi connectivity index (χ0v) is 22.5. The van der Waals surface area contributed by atoms with Crippen molar-refractivity contribution in [1.82, 2.24) is 9.29 Å². The van der Waals surface area contributed by atoms with Crippen LogP contribution in [0.5, 0.6) is 0 Å². The van der Waals surface area contributed by atoms with Gasteiger partial charge in [0.2, 0.25) is 15.8 Å². The molecule has 1 aliphatic heterocycles. The van der Waals surface area contributed by atoms with Crippen LogP contribution in [0.1, 0.15) is 45.4 Å². The molecule has 0 saturated carbocycles. The third kappa shape index (κ3) is 5.45. The number of anilines is 1. The normalized spacial score (nSPS) is 14.8. The standard InChI is InChI=1S/C29H27N3O4S2/c1-20-16-18-32(19-17-20)38(35,36)24-14-12-23(13-15-24)28(34)31-29-30-25(21-8-4-2-5-9-21)27(37-29)26(33)22-10-6-3-7-11-22/h2-15,20H,16-19H2,1H3,(H,30,31,34). The van der Waals surface area contributed by atoms with Gasteiger partial charge in [0.1, 0.15) is 4.88 Å². The molecule has 9 heteroatoms. The van der Waals surface area contributed by atoms with Gasteiger partial charge in [-0.25, -0.2) is 13.4 Å². The molecule has 38 heavy (non-hydrogen) atoms. The quantitative estimate of drug-likeness (QED) is 0.300. The third-order valence-corrected chi connectivity index (χ3v) is 9.52. The van der Waals surface area contributed by atoms with Crippen LogP contribution < -0.4 is 5.32 Å². The number of sulfonamides is 1.